The summed E-state index contributed by atoms with van der Waals surface area (Å²) in [7, 11) is 1.50. The summed E-state index contributed by atoms with van der Waals surface area (Å²) in [6.07, 6.45) is 1.44. The van der Waals surface area contributed by atoms with Gasteiger partial charge in [0, 0.05) is 29.1 Å². The Morgan fingerprint density at radius 3 is 3.00 bits per heavy atom. The highest BCUT2D eigenvalue weighted by atomic mass is 32.2. The van der Waals surface area contributed by atoms with Crippen molar-refractivity contribution in [3.05, 3.63) is 17.7 Å². The number of rotatable bonds is 3. The van der Waals surface area contributed by atoms with Gasteiger partial charge in [-0.3, -0.25) is 4.79 Å². The molecule has 2 rings (SSSR count). The molecule has 1 aliphatic rings. The number of methoxy groups -OCH3 is 1. The summed E-state index contributed by atoms with van der Waals surface area (Å²) in [6, 6.07) is 3.14. The molecule has 90 valence electrons. The third kappa shape index (κ3) is 2.29. The van der Waals surface area contributed by atoms with Crippen molar-refractivity contribution in [2.45, 2.75) is 23.0 Å². The zero-order valence-corrected chi connectivity index (χ0v) is 10.1. The van der Waals surface area contributed by atoms with Gasteiger partial charge in [-0.15, -0.1) is 11.8 Å². The number of benzene rings is 1. The van der Waals surface area contributed by atoms with Crippen molar-refractivity contribution in [2.24, 2.45) is 0 Å². The number of ether oxygens (including phenoxy) is 1. The molecule has 1 unspecified atom stereocenters. The van der Waals surface area contributed by atoms with Gasteiger partial charge in [-0.1, -0.05) is 0 Å². The molecule has 0 aromatic heterocycles. The Hall–Kier alpha value is -1.49. The summed E-state index contributed by atoms with van der Waals surface area (Å²) in [4.78, 5) is 23.0. The highest BCUT2D eigenvalue weighted by Gasteiger charge is 2.28. The van der Waals surface area contributed by atoms with E-state index in [2.05, 4.69) is 0 Å². The highest BCUT2D eigenvalue weighted by Crippen LogP contribution is 2.42. The van der Waals surface area contributed by atoms with Crippen molar-refractivity contribution in [2.75, 3.05) is 7.11 Å². The Labute approximate surface area is 103 Å². The number of phenolic OH excluding ortho intramolecular Hbond substituents is 1. The van der Waals surface area contributed by atoms with Crippen LogP contribution in [0.2, 0.25) is 0 Å². The van der Waals surface area contributed by atoms with Crippen LogP contribution < -0.4 is 4.74 Å². The second-order valence-electron chi connectivity index (χ2n) is 3.79. The molecule has 17 heavy (non-hydrogen) atoms. The van der Waals surface area contributed by atoms with Crippen LogP contribution in [0.5, 0.6) is 11.5 Å². The number of aldehydes is 1. The van der Waals surface area contributed by atoms with Crippen LogP contribution in [-0.2, 0) is 4.79 Å². The molecule has 1 aromatic rings. The van der Waals surface area contributed by atoms with Gasteiger partial charge >= 0.3 is 0 Å². The van der Waals surface area contributed by atoms with E-state index in [0.29, 0.717) is 22.6 Å². The second-order valence-corrected chi connectivity index (χ2v) is 5.13. The van der Waals surface area contributed by atoms with Crippen molar-refractivity contribution in [3.8, 4) is 11.5 Å². The lowest BCUT2D eigenvalue weighted by Crippen LogP contribution is -2.18. The van der Waals surface area contributed by atoms with Crippen LogP contribution in [0.4, 0.5) is 0 Å². The molecule has 0 bridgehead atoms. The minimum atomic E-state index is -0.120. The third-order valence-electron chi connectivity index (χ3n) is 2.64. The predicted molar refractivity (Wildman–Crippen MR) is 63.9 cm³/mol. The molecule has 0 radical (unpaired) electrons. The van der Waals surface area contributed by atoms with Gasteiger partial charge in [0.05, 0.1) is 12.7 Å². The fourth-order valence-electron chi connectivity index (χ4n) is 1.84. The van der Waals surface area contributed by atoms with Crippen LogP contribution >= 0.6 is 11.8 Å². The predicted octanol–water partition coefficient (Wildman–Crippen LogP) is 2.04. The number of hydrogen-bond acceptors (Lipinski definition) is 5. The molecule has 5 heteroatoms. The summed E-state index contributed by atoms with van der Waals surface area (Å²) in [5, 5.41) is 9.73. The Bertz CT molecular complexity index is 470. The lowest BCUT2D eigenvalue weighted by molar-refractivity contribution is -0.107. The maximum atomic E-state index is 11.9. The molecule has 0 fully saturated rings. The molecule has 1 aromatic carbocycles. The van der Waals surface area contributed by atoms with Crippen LogP contribution in [0, 0.1) is 0 Å². The Morgan fingerprint density at radius 2 is 2.35 bits per heavy atom. The molecule has 1 atom stereocenters. The van der Waals surface area contributed by atoms with Gasteiger partial charge in [-0.25, -0.2) is 0 Å². The minimum absolute atomic E-state index is 0.0426. The third-order valence-corrected chi connectivity index (χ3v) is 3.90. The molecule has 1 aliphatic heterocycles. The molecule has 0 saturated carbocycles. The van der Waals surface area contributed by atoms with Gasteiger partial charge in [0.1, 0.15) is 17.8 Å². The van der Waals surface area contributed by atoms with Gasteiger partial charge in [0.25, 0.3) is 0 Å². The Balaban J connectivity index is 2.41. The summed E-state index contributed by atoms with van der Waals surface area (Å²) < 4.78 is 5.04. The number of aromatic hydroxyl groups is 1. The fourth-order valence-corrected chi connectivity index (χ4v) is 3.13. The molecule has 4 nitrogen and oxygen atoms in total. The molecule has 1 N–H and O–H groups in total. The first-order chi connectivity index (χ1) is 8.15. The van der Waals surface area contributed by atoms with Crippen LogP contribution in [0.1, 0.15) is 23.2 Å². The largest absolute Gasteiger partial charge is 0.507 e. The number of phenols is 1. The number of thioether (sulfide) groups is 1. The van der Waals surface area contributed by atoms with E-state index >= 15 is 0 Å². The van der Waals surface area contributed by atoms with Gasteiger partial charge < -0.3 is 14.6 Å². The summed E-state index contributed by atoms with van der Waals surface area (Å²) >= 11 is 1.44. The maximum Gasteiger partial charge on any atom is 0.168 e. The number of fused-ring (bicyclic) bond motifs is 1. The lowest BCUT2D eigenvalue weighted by Gasteiger charge is -2.22. The SMILES string of the molecule is COc1cc(O)c2c(c1)SC(CC=O)CC2=O. The molecule has 1 heterocycles. The molecule has 0 spiro atoms. The first-order valence-corrected chi connectivity index (χ1v) is 6.08. The van der Waals surface area contributed by atoms with E-state index < -0.39 is 0 Å². The topological polar surface area (TPSA) is 63.6 Å². The number of carbonyl (C=O) groups is 2. The van der Waals surface area contributed by atoms with Crippen molar-refractivity contribution < 1.29 is 19.4 Å². The monoisotopic (exact) mass is 252 g/mol. The minimum Gasteiger partial charge on any atom is -0.507 e. The fraction of sp³-hybridized carbons (Fsp3) is 0.333. The van der Waals surface area contributed by atoms with E-state index in [1.54, 1.807) is 6.07 Å². The van der Waals surface area contributed by atoms with Crippen molar-refractivity contribution in [1.29, 1.82) is 0 Å². The van der Waals surface area contributed by atoms with E-state index in [1.165, 1.54) is 24.9 Å². The van der Waals surface area contributed by atoms with E-state index in [0.717, 1.165) is 6.29 Å². The maximum absolute atomic E-state index is 11.9. The molecular weight excluding hydrogens is 240 g/mol. The standard InChI is InChI=1S/C12H12O4S/c1-16-7-4-9(14)12-10(15)6-8(2-3-13)17-11(12)5-7/h3-5,8,14H,2,6H2,1H3. The molecular formula is C12H12O4S. The van der Waals surface area contributed by atoms with E-state index in [1.807, 2.05) is 0 Å². The van der Waals surface area contributed by atoms with Crippen molar-refractivity contribution >= 4 is 23.8 Å². The van der Waals surface area contributed by atoms with Gasteiger partial charge in [-0.05, 0) is 6.07 Å². The summed E-state index contributed by atoms with van der Waals surface area (Å²) in [5.74, 6) is 0.334. The van der Waals surface area contributed by atoms with Crippen LogP contribution in [-0.4, -0.2) is 29.5 Å². The van der Waals surface area contributed by atoms with Crippen LogP contribution in [0.15, 0.2) is 17.0 Å². The second kappa shape index (κ2) is 4.79. The number of hydrogen-bond donors (Lipinski definition) is 1. The Kier molecular flexibility index (Phi) is 3.38. The van der Waals surface area contributed by atoms with Crippen LogP contribution in [0.25, 0.3) is 0 Å². The normalized spacial score (nSPS) is 18.6. The highest BCUT2D eigenvalue weighted by molar-refractivity contribution is 8.00. The van der Waals surface area contributed by atoms with E-state index in [-0.39, 0.29) is 23.2 Å². The lowest BCUT2D eigenvalue weighted by atomic mass is 10.0. The van der Waals surface area contributed by atoms with Crippen molar-refractivity contribution in [1.82, 2.24) is 0 Å². The quantitative estimate of drug-likeness (QED) is 0.834. The molecule has 0 saturated heterocycles. The summed E-state index contributed by atoms with van der Waals surface area (Å²) in [6.45, 7) is 0. The average molecular weight is 252 g/mol. The number of ketones is 1. The molecule has 0 aliphatic carbocycles. The first kappa shape index (κ1) is 12.0. The van der Waals surface area contributed by atoms with Crippen molar-refractivity contribution in [3.63, 3.8) is 0 Å². The van der Waals surface area contributed by atoms with E-state index in [4.69, 9.17) is 4.74 Å². The Morgan fingerprint density at radius 1 is 1.59 bits per heavy atom. The average Bonchev–Trinajstić information content (AvgIpc) is 2.28. The van der Waals surface area contributed by atoms with E-state index in [9.17, 15) is 14.7 Å². The molecule has 0 amide bonds. The van der Waals surface area contributed by atoms with Gasteiger partial charge in [0.2, 0.25) is 0 Å². The first-order valence-electron chi connectivity index (χ1n) is 5.20. The number of carbonyl (C=O) groups excluding carboxylic acids is 2. The summed E-state index contributed by atoms with van der Waals surface area (Å²) in [5.41, 5.74) is 0.345. The van der Waals surface area contributed by atoms with Crippen LogP contribution in [0.3, 0.4) is 0 Å². The zero-order chi connectivity index (χ0) is 12.4. The smallest absolute Gasteiger partial charge is 0.168 e. The zero-order valence-electron chi connectivity index (χ0n) is 9.30. The van der Waals surface area contributed by atoms with Gasteiger partial charge in [0.15, 0.2) is 5.78 Å². The van der Waals surface area contributed by atoms with Gasteiger partial charge in [-0.2, -0.15) is 0 Å². The number of Topliss-reactive ketones (excluding diaryl/α,β-unsaturated/α-hetero) is 1.